The third-order valence-electron chi connectivity index (χ3n) is 0.873. The summed E-state index contributed by atoms with van der Waals surface area (Å²) in [6, 6.07) is 0. The van der Waals surface area contributed by atoms with Crippen LogP contribution in [0.15, 0.2) is 0 Å². The van der Waals surface area contributed by atoms with Gasteiger partial charge in [-0.2, -0.15) is 0 Å². The van der Waals surface area contributed by atoms with Gasteiger partial charge in [0.05, 0.1) is 5.75 Å². The van der Waals surface area contributed by atoms with Crippen LogP contribution >= 0.6 is 11.9 Å². The minimum Gasteiger partial charge on any atom is -0.369 e. The van der Waals surface area contributed by atoms with Gasteiger partial charge in [0.15, 0.2) is 0 Å². The summed E-state index contributed by atoms with van der Waals surface area (Å²) in [5.74, 6) is 0.116. The number of hydrogen-bond donors (Lipinski definition) is 1. The number of amides is 1. The van der Waals surface area contributed by atoms with Gasteiger partial charge in [-0.25, -0.2) is 0 Å². The highest BCUT2D eigenvalue weighted by Crippen LogP contribution is 2.03. The van der Waals surface area contributed by atoms with Crippen molar-refractivity contribution in [2.45, 2.75) is 6.92 Å². The number of carbonyl (C=O) groups is 1. The Hall–Kier alpha value is -0.220. The van der Waals surface area contributed by atoms with E-state index in [1.807, 2.05) is 18.3 Å². The van der Waals surface area contributed by atoms with Crippen molar-refractivity contribution in [1.29, 1.82) is 0 Å². The smallest absolute Gasteiger partial charge is 0.228 e. The van der Waals surface area contributed by atoms with E-state index in [0.717, 1.165) is 6.54 Å². The summed E-state index contributed by atoms with van der Waals surface area (Å²) in [7, 11) is 1.92. The molecule has 0 aromatic rings. The fourth-order valence-corrected chi connectivity index (χ4v) is 0.795. The van der Waals surface area contributed by atoms with Crippen molar-refractivity contribution in [1.82, 2.24) is 4.31 Å². The molecule has 0 radical (unpaired) electrons. The molecule has 0 heterocycles. The quantitative estimate of drug-likeness (QED) is 0.574. The van der Waals surface area contributed by atoms with Crippen LogP contribution in [0.3, 0.4) is 0 Å². The van der Waals surface area contributed by atoms with E-state index in [4.69, 9.17) is 5.73 Å². The zero-order valence-corrected chi connectivity index (χ0v) is 6.57. The van der Waals surface area contributed by atoms with Crippen molar-refractivity contribution in [3.63, 3.8) is 0 Å². The average molecular weight is 148 g/mol. The fraction of sp³-hybridized carbons (Fsp3) is 0.800. The van der Waals surface area contributed by atoms with Gasteiger partial charge in [-0.3, -0.25) is 9.10 Å². The van der Waals surface area contributed by atoms with Gasteiger partial charge >= 0.3 is 0 Å². The second-order valence-corrected chi connectivity index (χ2v) is 2.85. The SMILES string of the molecule is CCN(C)SCC(N)=O. The Morgan fingerprint density at radius 1 is 1.78 bits per heavy atom. The van der Waals surface area contributed by atoms with Gasteiger partial charge in [-0.1, -0.05) is 18.9 Å². The molecule has 1 amide bonds. The molecule has 0 aromatic carbocycles. The molecular weight excluding hydrogens is 136 g/mol. The van der Waals surface area contributed by atoms with Crippen molar-refractivity contribution >= 4 is 17.9 Å². The first-order valence-electron chi connectivity index (χ1n) is 2.79. The van der Waals surface area contributed by atoms with Gasteiger partial charge in [-0.05, 0) is 7.05 Å². The molecule has 0 aliphatic carbocycles. The molecule has 0 aromatic heterocycles. The number of rotatable bonds is 4. The lowest BCUT2D eigenvalue weighted by Crippen LogP contribution is -2.18. The lowest BCUT2D eigenvalue weighted by Gasteiger charge is -2.09. The normalized spacial score (nSPS) is 10.1. The summed E-state index contributed by atoms with van der Waals surface area (Å²) in [4.78, 5) is 10.2. The van der Waals surface area contributed by atoms with Crippen molar-refractivity contribution in [3.05, 3.63) is 0 Å². The molecule has 0 rings (SSSR count). The Kier molecular flexibility index (Phi) is 4.53. The summed E-state index contributed by atoms with van der Waals surface area (Å²) in [5, 5.41) is 0. The molecule has 0 bridgehead atoms. The third kappa shape index (κ3) is 5.65. The van der Waals surface area contributed by atoms with Crippen molar-refractivity contribution in [2.75, 3.05) is 19.3 Å². The topological polar surface area (TPSA) is 46.3 Å². The molecule has 0 fully saturated rings. The third-order valence-corrected chi connectivity index (χ3v) is 1.99. The van der Waals surface area contributed by atoms with E-state index in [0.29, 0.717) is 5.75 Å². The fourth-order valence-electron chi connectivity index (χ4n) is 0.265. The minimum atomic E-state index is -0.264. The Balaban J connectivity index is 3.16. The Morgan fingerprint density at radius 2 is 2.33 bits per heavy atom. The number of carbonyl (C=O) groups excluding carboxylic acids is 1. The summed E-state index contributed by atoms with van der Waals surface area (Å²) in [6.45, 7) is 2.95. The van der Waals surface area contributed by atoms with Gasteiger partial charge in [0, 0.05) is 6.54 Å². The first-order valence-corrected chi connectivity index (χ1v) is 3.73. The summed E-state index contributed by atoms with van der Waals surface area (Å²) in [6.07, 6.45) is 0. The Labute approximate surface area is 59.7 Å². The number of primary amides is 1. The van der Waals surface area contributed by atoms with E-state index in [-0.39, 0.29) is 5.91 Å². The van der Waals surface area contributed by atoms with Crippen LogP contribution in [0.25, 0.3) is 0 Å². The molecular formula is C5H12N2OS. The van der Waals surface area contributed by atoms with E-state index in [2.05, 4.69) is 0 Å². The van der Waals surface area contributed by atoms with Gasteiger partial charge in [0.1, 0.15) is 0 Å². The van der Waals surface area contributed by atoms with Crippen LogP contribution in [0.2, 0.25) is 0 Å². The highest BCUT2D eigenvalue weighted by Gasteiger charge is 1.97. The molecule has 9 heavy (non-hydrogen) atoms. The molecule has 0 spiro atoms. The van der Waals surface area contributed by atoms with Gasteiger partial charge in [0.2, 0.25) is 5.91 Å². The van der Waals surface area contributed by atoms with E-state index in [1.54, 1.807) is 0 Å². The van der Waals surface area contributed by atoms with Gasteiger partial charge < -0.3 is 5.73 Å². The lowest BCUT2D eigenvalue weighted by atomic mass is 10.8. The van der Waals surface area contributed by atoms with E-state index < -0.39 is 0 Å². The molecule has 3 nitrogen and oxygen atoms in total. The van der Waals surface area contributed by atoms with Crippen molar-refractivity contribution in [2.24, 2.45) is 5.73 Å². The maximum atomic E-state index is 10.2. The first-order chi connectivity index (χ1) is 4.16. The summed E-state index contributed by atoms with van der Waals surface area (Å²) in [5.41, 5.74) is 4.91. The molecule has 0 aliphatic heterocycles. The van der Waals surface area contributed by atoms with Crippen LogP contribution in [0.4, 0.5) is 0 Å². The maximum Gasteiger partial charge on any atom is 0.228 e. The second-order valence-electron chi connectivity index (χ2n) is 1.68. The Bertz CT molecular complexity index is 97.0. The zero-order chi connectivity index (χ0) is 7.28. The number of hydrogen-bond acceptors (Lipinski definition) is 3. The van der Waals surface area contributed by atoms with Gasteiger partial charge in [0.25, 0.3) is 0 Å². The van der Waals surface area contributed by atoms with Crippen LogP contribution in [0.1, 0.15) is 6.92 Å². The Morgan fingerprint density at radius 3 is 2.67 bits per heavy atom. The molecule has 0 atom stereocenters. The van der Waals surface area contributed by atoms with Crippen LogP contribution < -0.4 is 5.73 Å². The lowest BCUT2D eigenvalue weighted by molar-refractivity contribution is -0.115. The average Bonchev–Trinajstić information content (AvgIpc) is 1.83. The number of nitrogens with two attached hydrogens (primary N) is 1. The predicted molar refractivity (Wildman–Crippen MR) is 40.0 cm³/mol. The van der Waals surface area contributed by atoms with E-state index in [1.165, 1.54) is 11.9 Å². The van der Waals surface area contributed by atoms with Crippen molar-refractivity contribution in [3.8, 4) is 0 Å². The molecule has 2 N–H and O–H groups in total. The minimum absolute atomic E-state index is 0.264. The van der Waals surface area contributed by atoms with Crippen LogP contribution in [0.5, 0.6) is 0 Å². The summed E-state index contributed by atoms with van der Waals surface area (Å²) < 4.78 is 1.96. The molecule has 4 heteroatoms. The molecule has 0 saturated heterocycles. The molecule has 54 valence electrons. The van der Waals surface area contributed by atoms with Gasteiger partial charge in [-0.15, -0.1) is 0 Å². The van der Waals surface area contributed by atoms with Crippen LogP contribution in [-0.4, -0.2) is 29.6 Å². The first kappa shape index (κ1) is 8.78. The summed E-state index contributed by atoms with van der Waals surface area (Å²) >= 11 is 1.44. The highest BCUT2D eigenvalue weighted by molar-refractivity contribution is 7.97. The molecule has 0 aliphatic rings. The predicted octanol–water partition coefficient (Wildman–Crippen LogP) is 0.0716. The highest BCUT2D eigenvalue weighted by atomic mass is 32.2. The molecule has 0 unspecified atom stereocenters. The van der Waals surface area contributed by atoms with E-state index >= 15 is 0 Å². The second kappa shape index (κ2) is 4.64. The maximum absolute atomic E-state index is 10.2. The largest absolute Gasteiger partial charge is 0.369 e. The van der Waals surface area contributed by atoms with Crippen LogP contribution in [0, 0.1) is 0 Å². The standard InChI is InChI=1S/C5H12N2OS/c1-3-7(2)9-4-5(6)8/h3-4H2,1-2H3,(H2,6,8). The van der Waals surface area contributed by atoms with Crippen molar-refractivity contribution < 1.29 is 4.79 Å². The zero-order valence-electron chi connectivity index (χ0n) is 5.76. The number of nitrogens with zero attached hydrogens (tertiary/aromatic N) is 1. The molecule has 0 saturated carbocycles. The van der Waals surface area contributed by atoms with E-state index in [9.17, 15) is 4.79 Å². The monoisotopic (exact) mass is 148 g/mol. The van der Waals surface area contributed by atoms with Crippen LogP contribution in [-0.2, 0) is 4.79 Å².